The van der Waals surface area contributed by atoms with Crippen LogP contribution in [0.3, 0.4) is 0 Å². The third kappa shape index (κ3) is 9.33. The second-order valence-corrected chi connectivity index (χ2v) is 23.3. The molecule has 0 saturated heterocycles. The molecule has 63 heavy (non-hydrogen) atoms. The van der Waals surface area contributed by atoms with Crippen LogP contribution in [0.2, 0.25) is 0 Å². The Balaban J connectivity index is 1.09. The van der Waals surface area contributed by atoms with E-state index in [1.54, 1.807) is 11.1 Å². The lowest BCUT2D eigenvalue weighted by atomic mass is 9.71. The van der Waals surface area contributed by atoms with Crippen molar-refractivity contribution in [3.8, 4) is 51.5 Å². The summed E-state index contributed by atoms with van der Waals surface area (Å²) in [6, 6.07) is 23.8. The molecule has 9 rings (SSSR count). The van der Waals surface area contributed by atoms with Crippen molar-refractivity contribution < 1.29 is 0 Å². The van der Waals surface area contributed by atoms with Crippen molar-refractivity contribution >= 4 is 90.9 Å². The predicted octanol–water partition coefficient (Wildman–Crippen LogP) is 19.1. The van der Waals surface area contributed by atoms with Gasteiger partial charge >= 0.3 is 0 Å². The molecule has 6 heterocycles. The zero-order valence-electron chi connectivity index (χ0n) is 37.7. The van der Waals surface area contributed by atoms with E-state index in [0.29, 0.717) is 0 Å². The van der Waals surface area contributed by atoms with Gasteiger partial charge in [0.2, 0.25) is 0 Å². The molecule has 1 aliphatic carbocycles. The molecule has 10 heteroatoms. The maximum Gasteiger partial charge on any atom is 0.114 e. The first kappa shape index (κ1) is 45.1. The molecule has 0 radical (unpaired) electrons. The third-order valence-electron chi connectivity index (χ3n) is 13.4. The van der Waals surface area contributed by atoms with Gasteiger partial charge in [0.1, 0.15) is 22.1 Å². The minimum Gasteiger partial charge on any atom is -0.172 e. The highest BCUT2D eigenvalue weighted by Gasteiger charge is 2.45. The topological polar surface area (TPSA) is 51.6 Å². The second kappa shape index (κ2) is 21.0. The summed E-state index contributed by atoms with van der Waals surface area (Å²) < 4.78 is 19.9. The van der Waals surface area contributed by atoms with E-state index < -0.39 is 0 Å². The van der Waals surface area contributed by atoms with Crippen LogP contribution in [0, 0.1) is 0 Å². The van der Waals surface area contributed by atoms with Crippen LogP contribution in [-0.4, -0.2) is 17.5 Å². The molecular weight excluding hydrogens is 885 g/mol. The largest absolute Gasteiger partial charge is 0.172 e. The predicted molar refractivity (Wildman–Crippen MR) is 281 cm³/mol. The van der Waals surface area contributed by atoms with E-state index in [1.165, 1.54) is 213 Å². The Morgan fingerprint density at radius 1 is 0.381 bits per heavy atom. The normalized spacial score (nSPS) is 13.2. The molecule has 0 unspecified atom stereocenters. The maximum absolute atomic E-state index is 5.01. The molecule has 0 N–H and O–H groups in total. The first-order chi connectivity index (χ1) is 31.1. The molecule has 330 valence electrons. The van der Waals surface area contributed by atoms with Gasteiger partial charge in [-0.05, 0) is 86.1 Å². The first-order valence-corrected chi connectivity index (χ1v) is 28.8. The van der Waals surface area contributed by atoms with E-state index in [1.807, 2.05) is 45.3 Å². The van der Waals surface area contributed by atoms with Crippen LogP contribution in [0.4, 0.5) is 0 Å². The summed E-state index contributed by atoms with van der Waals surface area (Å²) >= 11 is 10.6. The van der Waals surface area contributed by atoms with Crippen LogP contribution in [0.15, 0.2) is 60.7 Å². The third-order valence-corrected chi connectivity index (χ3v) is 19.3. The molecular formula is C53H62N4S6. The molecule has 0 amide bonds. The molecule has 8 aromatic rings. The average Bonchev–Trinajstić information content (AvgIpc) is 4.17. The Hall–Kier alpha value is -3.12. The fraction of sp³-hybridized carbons (Fsp3) is 0.472. The minimum atomic E-state index is 0.00338. The van der Waals surface area contributed by atoms with Crippen molar-refractivity contribution in [3.63, 3.8) is 0 Å². The second-order valence-electron chi connectivity index (χ2n) is 17.8. The van der Waals surface area contributed by atoms with Crippen molar-refractivity contribution in [1.29, 1.82) is 0 Å². The summed E-state index contributed by atoms with van der Waals surface area (Å²) in [5.41, 5.74) is 12.2. The van der Waals surface area contributed by atoms with Gasteiger partial charge in [0, 0.05) is 66.7 Å². The van der Waals surface area contributed by atoms with Gasteiger partial charge in [-0.3, -0.25) is 0 Å². The lowest BCUT2D eigenvalue weighted by Crippen LogP contribution is -2.25. The van der Waals surface area contributed by atoms with Gasteiger partial charge in [-0.1, -0.05) is 142 Å². The Labute approximate surface area is 399 Å². The average molecular weight is 948 g/mol. The smallest absolute Gasteiger partial charge is 0.114 e. The van der Waals surface area contributed by atoms with E-state index in [0.717, 1.165) is 22.1 Å². The number of aromatic nitrogens is 4. The number of fused-ring (bicyclic) bond motifs is 5. The van der Waals surface area contributed by atoms with Crippen molar-refractivity contribution in [3.05, 3.63) is 81.5 Å². The molecule has 1 aliphatic rings. The summed E-state index contributed by atoms with van der Waals surface area (Å²) in [5.74, 6) is 0. The van der Waals surface area contributed by atoms with Gasteiger partial charge < -0.3 is 0 Å². The van der Waals surface area contributed by atoms with Gasteiger partial charge in [-0.15, -0.1) is 45.3 Å². The maximum atomic E-state index is 5.01. The molecule has 0 spiro atoms. The summed E-state index contributed by atoms with van der Waals surface area (Å²) in [6.45, 7) is 9.24. The monoisotopic (exact) mass is 946 g/mol. The zero-order valence-corrected chi connectivity index (χ0v) is 42.6. The number of rotatable bonds is 24. The fourth-order valence-corrected chi connectivity index (χ4v) is 15.9. The van der Waals surface area contributed by atoms with Crippen molar-refractivity contribution in [2.45, 2.75) is 162 Å². The molecule has 0 bridgehead atoms. The minimum absolute atomic E-state index is 0.00338. The Morgan fingerprint density at radius 2 is 0.746 bits per heavy atom. The van der Waals surface area contributed by atoms with Crippen LogP contribution in [0.25, 0.3) is 73.6 Å². The molecule has 0 saturated carbocycles. The number of hydrogen-bond donors (Lipinski definition) is 0. The van der Waals surface area contributed by atoms with E-state index >= 15 is 0 Å². The van der Waals surface area contributed by atoms with Crippen LogP contribution >= 0.6 is 68.8 Å². The number of hydrogen-bond acceptors (Lipinski definition) is 10. The summed E-state index contributed by atoms with van der Waals surface area (Å²) in [4.78, 5) is 11.2. The number of unbranched alkanes of at least 4 members (excludes halogenated alkanes) is 12. The quantitative estimate of drug-likeness (QED) is 0.0566. The lowest BCUT2D eigenvalue weighted by molar-refractivity contribution is 0.402. The first-order valence-electron chi connectivity index (χ1n) is 24.0. The molecule has 0 aliphatic heterocycles. The van der Waals surface area contributed by atoms with E-state index in [2.05, 4.69) is 88.4 Å². The number of benzene rings is 2. The summed E-state index contributed by atoms with van der Waals surface area (Å²) in [7, 11) is 0. The van der Waals surface area contributed by atoms with Crippen LogP contribution < -0.4 is 0 Å². The number of aryl methyl sites for hydroxylation is 2. The molecule has 2 aromatic carbocycles. The number of nitrogens with zero attached hydrogens (tertiary/aromatic N) is 4. The Kier molecular flexibility index (Phi) is 15.0. The highest BCUT2D eigenvalue weighted by Crippen LogP contribution is 2.62. The highest BCUT2D eigenvalue weighted by molar-refractivity contribution is 7.26. The van der Waals surface area contributed by atoms with Gasteiger partial charge in [0.25, 0.3) is 0 Å². The highest BCUT2D eigenvalue weighted by atomic mass is 32.1. The molecule has 0 atom stereocenters. The van der Waals surface area contributed by atoms with E-state index in [-0.39, 0.29) is 5.41 Å². The van der Waals surface area contributed by atoms with Gasteiger partial charge in [0.15, 0.2) is 0 Å². The van der Waals surface area contributed by atoms with E-state index in [4.69, 9.17) is 17.5 Å². The molecule has 0 fully saturated rings. The van der Waals surface area contributed by atoms with Crippen molar-refractivity contribution in [2.75, 3.05) is 0 Å². The van der Waals surface area contributed by atoms with Gasteiger partial charge in [0.05, 0.1) is 23.5 Å². The van der Waals surface area contributed by atoms with Crippen LogP contribution in [0.5, 0.6) is 0 Å². The Bertz CT molecular complexity index is 2550. The van der Waals surface area contributed by atoms with Gasteiger partial charge in [-0.2, -0.15) is 17.5 Å². The zero-order chi connectivity index (χ0) is 43.2. The molecule has 4 nitrogen and oxygen atoms in total. The Morgan fingerprint density at radius 3 is 1.13 bits per heavy atom. The van der Waals surface area contributed by atoms with Gasteiger partial charge in [-0.25, -0.2) is 0 Å². The van der Waals surface area contributed by atoms with E-state index in [9.17, 15) is 0 Å². The summed E-state index contributed by atoms with van der Waals surface area (Å²) in [5, 5.41) is 0. The van der Waals surface area contributed by atoms with Crippen molar-refractivity contribution in [1.82, 2.24) is 17.5 Å². The standard InChI is InChI=1S/C53H62N4S6/c1-5-9-13-17-21-35-23-29-43(58-35)37-25-27-39(49-47(37)54-62-56-49)45-33-41-51(60-45)52-42(53(41,31-19-15-11-7-3)32-20-16-12-8-4)34-46(61-52)40-28-26-38(48-50(40)57-63-55-48)44-30-24-36(59-44)22-18-14-10-6-2/h23-30,33-34H,5-22,31-32H2,1-4H3. The van der Waals surface area contributed by atoms with Crippen molar-refractivity contribution in [2.24, 2.45) is 0 Å². The van der Waals surface area contributed by atoms with Crippen LogP contribution in [-0.2, 0) is 18.3 Å². The fourth-order valence-electron chi connectivity index (χ4n) is 9.91. The molecule has 6 aromatic heterocycles. The summed E-state index contributed by atoms with van der Waals surface area (Å²) in [6.07, 6.45) is 25.3. The SMILES string of the molecule is CCCCCCc1ccc(-c2ccc(-c3cc4c(s3)-c3sc(-c5ccc(-c6ccc(CCCCCC)s6)c6nsnc56)cc3C4(CCCCCC)CCCCCC)c3nsnc23)s1. The number of thiophene rings is 4. The lowest BCUT2D eigenvalue weighted by Gasteiger charge is -2.31. The van der Waals surface area contributed by atoms with Crippen LogP contribution in [0.1, 0.15) is 164 Å².